The lowest BCUT2D eigenvalue weighted by Crippen LogP contribution is -2.26. The second-order valence-corrected chi connectivity index (χ2v) is 6.95. The molecule has 2 heterocycles. The number of hydrogen-bond acceptors (Lipinski definition) is 5. The van der Waals surface area contributed by atoms with Crippen molar-refractivity contribution in [1.82, 2.24) is 0 Å². The lowest BCUT2D eigenvalue weighted by atomic mass is 9.90. The molecule has 5 heteroatoms. The van der Waals surface area contributed by atoms with Crippen molar-refractivity contribution in [2.24, 2.45) is 10.9 Å². The smallest absolute Gasteiger partial charge is 0.339 e. The summed E-state index contributed by atoms with van der Waals surface area (Å²) < 4.78 is 10.5. The molecule has 0 N–H and O–H groups in total. The van der Waals surface area contributed by atoms with Gasteiger partial charge in [-0.3, -0.25) is 4.99 Å². The molecule has 1 aromatic carbocycles. The Morgan fingerprint density at radius 2 is 2.12 bits per heavy atom. The van der Waals surface area contributed by atoms with Crippen molar-refractivity contribution in [2.45, 2.75) is 38.8 Å². The number of nitrogens with zero attached hydrogens (tertiary/aromatic N) is 2. The standard InChI is InChI=1S/C19H26N2O3/c1-12(2)17-8-13-9-18(21-6-5-15(11-21)23-3)16(19(22)24-4)7-14(13)10-20-17/h7,9-10,12,15,17H,5-6,8,11H2,1-4H3/t15-,17?/m1/s1. The highest BCUT2D eigenvalue weighted by Gasteiger charge is 2.28. The molecule has 0 aromatic heterocycles. The molecule has 1 fully saturated rings. The van der Waals surface area contributed by atoms with Gasteiger partial charge in [-0.25, -0.2) is 4.79 Å². The van der Waals surface area contributed by atoms with E-state index in [1.54, 1.807) is 7.11 Å². The number of methoxy groups -OCH3 is 2. The Labute approximate surface area is 143 Å². The van der Waals surface area contributed by atoms with Crippen molar-refractivity contribution in [3.8, 4) is 0 Å². The highest BCUT2D eigenvalue weighted by atomic mass is 16.5. The van der Waals surface area contributed by atoms with Crippen LogP contribution in [0.1, 0.15) is 41.8 Å². The van der Waals surface area contributed by atoms with Crippen LogP contribution in [0, 0.1) is 5.92 Å². The SMILES string of the molecule is COC(=O)c1cc2c(cc1N1CC[C@@H](OC)C1)CC(C(C)C)N=C2. The zero-order chi connectivity index (χ0) is 17.3. The quantitative estimate of drug-likeness (QED) is 0.797. The van der Waals surface area contributed by atoms with Gasteiger partial charge < -0.3 is 14.4 Å². The number of anilines is 1. The van der Waals surface area contributed by atoms with Gasteiger partial charge in [-0.2, -0.15) is 0 Å². The van der Waals surface area contributed by atoms with Crippen LogP contribution in [0.2, 0.25) is 0 Å². The Kier molecular flexibility index (Phi) is 4.90. The van der Waals surface area contributed by atoms with Crippen molar-refractivity contribution in [1.29, 1.82) is 0 Å². The largest absolute Gasteiger partial charge is 0.465 e. The first-order valence-corrected chi connectivity index (χ1v) is 8.59. The van der Waals surface area contributed by atoms with E-state index < -0.39 is 0 Å². The minimum Gasteiger partial charge on any atom is -0.465 e. The van der Waals surface area contributed by atoms with Gasteiger partial charge >= 0.3 is 5.97 Å². The van der Waals surface area contributed by atoms with Crippen LogP contribution in [0.5, 0.6) is 0 Å². The highest BCUT2D eigenvalue weighted by Crippen LogP contribution is 2.32. The van der Waals surface area contributed by atoms with Gasteiger partial charge in [0, 0.05) is 26.4 Å². The molecule has 0 aliphatic carbocycles. The van der Waals surface area contributed by atoms with E-state index in [2.05, 4.69) is 29.8 Å². The van der Waals surface area contributed by atoms with E-state index >= 15 is 0 Å². The van der Waals surface area contributed by atoms with E-state index in [0.29, 0.717) is 17.5 Å². The average Bonchev–Trinajstić information content (AvgIpc) is 3.08. The van der Waals surface area contributed by atoms with Crippen molar-refractivity contribution in [3.63, 3.8) is 0 Å². The third kappa shape index (κ3) is 3.18. The lowest BCUT2D eigenvalue weighted by molar-refractivity contribution is 0.0601. The summed E-state index contributed by atoms with van der Waals surface area (Å²) in [6.07, 6.45) is 4.02. The first-order valence-electron chi connectivity index (χ1n) is 8.59. The van der Waals surface area contributed by atoms with Crippen LogP contribution in [0.3, 0.4) is 0 Å². The van der Waals surface area contributed by atoms with Crippen LogP contribution in [0.4, 0.5) is 5.69 Å². The second kappa shape index (κ2) is 6.93. The maximum Gasteiger partial charge on any atom is 0.339 e. The Balaban J connectivity index is 1.99. The van der Waals surface area contributed by atoms with E-state index in [1.807, 2.05) is 12.3 Å². The maximum atomic E-state index is 12.3. The number of hydrogen-bond donors (Lipinski definition) is 0. The Hall–Kier alpha value is -1.88. The Morgan fingerprint density at radius 3 is 2.75 bits per heavy atom. The van der Waals surface area contributed by atoms with Gasteiger partial charge in [-0.1, -0.05) is 13.8 Å². The zero-order valence-electron chi connectivity index (χ0n) is 14.9. The number of carbonyl (C=O) groups excluding carboxylic acids is 1. The third-order valence-electron chi connectivity index (χ3n) is 5.09. The average molecular weight is 330 g/mol. The molecule has 0 radical (unpaired) electrons. The minimum atomic E-state index is -0.298. The van der Waals surface area contributed by atoms with Crippen LogP contribution >= 0.6 is 0 Å². The number of benzene rings is 1. The van der Waals surface area contributed by atoms with Crippen LogP contribution < -0.4 is 4.90 Å². The van der Waals surface area contributed by atoms with Crippen LogP contribution in [-0.4, -0.2) is 51.6 Å². The molecule has 0 spiro atoms. The summed E-state index contributed by atoms with van der Waals surface area (Å²) in [5.41, 5.74) is 3.85. The van der Waals surface area contributed by atoms with E-state index in [1.165, 1.54) is 12.7 Å². The lowest BCUT2D eigenvalue weighted by Gasteiger charge is -2.26. The molecule has 0 amide bonds. The number of aliphatic imine (C=N–C) groups is 1. The molecule has 2 aliphatic heterocycles. The summed E-state index contributed by atoms with van der Waals surface area (Å²) in [4.78, 5) is 19.1. The molecule has 0 bridgehead atoms. The monoisotopic (exact) mass is 330 g/mol. The summed E-state index contributed by atoms with van der Waals surface area (Å²) in [5, 5.41) is 0. The van der Waals surface area contributed by atoms with Gasteiger partial charge in [-0.05, 0) is 42.0 Å². The summed E-state index contributed by atoms with van der Waals surface area (Å²) >= 11 is 0. The third-order valence-corrected chi connectivity index (χ3v) is 5.09. The van der Waals surface area contributed by atoms with Crippen LogP contribution in [-0.2, 0) is 15.9 Å². The Morgan fingerprint density at radius 1 is 1.33 bits per heavy atom. The molecular weight excluding hydrogens is 304 g/mol. The molecule has 2 atom stereocenters. The first-order chi connectivity index (χ1) is 11.5. The van der Waals surface area contributed by atoms with E-state index in [9.17, 15) is 4.79 Å². The molecule has 24 heavy (non-hydrogen) atoms. The summed E-state index contributed by atoms with van der Waals surface area (Å²) in [6, 6.07) is 4.39. The van der Waals surface area contributed by atoms with Gasteiger partial charge in [0.1, 0.15) is 0 Å². The van der Waals surface area contributed by atoms with Gasteiger partial charge in [0.2, 0.25) is 0 Å². The van der Waals surface area contributed by atoms with Gasteiger partial charge in [-0.15, -0.1) is 0 Å². The fourth-order valence-electron chi connectivity index (χ4n) is 3.48. The fourth-order valence-corrected chi connectivity index (χ4v) is 3.48. The van der Waals surface area contributed by atoms with E-state index in [-0.39, 0.29) is 12.1 Å². The number of carbonyl (C=O) groups is 1. The van der Waals surface area contributed by atoms with Crippen LogP contribution in [0.25, 0.3) is 0 Å². The maximum absolute atomic E-state index is 12.3. The molecule has 0 saturated carbocycles. The Bertz CT molecular complexity index is 654. The predicted molar refractivity (Wildman–Crippen MR) is 95.3 cm³/mol. The second-order valence-electron chi connectivity index (χ2n) is 6.95. The van der Waals surface area contributed by atoms with Gasteiger partial charge in [0.25, 0.3) is 0 Å². The number of rotatable bonds is 4. The molecule has 3 rings (SSSR count). The van der Waals surface area contributed by atoms with Crippen molar-refractivity contribution in [3.05, 3.63) is 28.8 Å². The fraction of sp³-hybridized carbons (Fsp3) is 0.579. The number of esters is 1. The molecule has 1 saturated heterocycles. The predicted octanol–water partition coefficient (Wildman–Crippen LogP) is 2.70. The summed E-state index contributed by atoms with van der Waals surface area (Å²) in [7, 11) is 3.17. The molecule has 1 unspecified atom stereocenters. The first kappa shape index (κ1) is 17.0. The highest BCUT2D eigenvalue weighted by molar-refractivity contribution is 5.99. The summed E-state index contributed by atoms with van der Waals surface area (Å²) in [6.45, 7) is 6.09. The van der Waals surface area contributed by atoms with Crippen molar-refractivity contribution in [2.75, 3.05) is 32.2 Å². The van der Waals surface area contributed by atoms with Crippen molar-refractivity contribution >= 4 is 17.9 Å². The minimum absolute atomic E-state index is 0.219. The molecule has 5 nitrogen and oxygen atoms in total. The van der Waals surface area contributed by atoms with Crippen molar-refractivity contribution < 1.29 is 14.3 Å². The topological polar surface area (TPSA) is 51.1 Å². The van der Waals surface area contributed by atoms with E-state index in [4.69, 9.17) is 9.47 Å². The zero-order valence-corrected chi connectivity index (χ0v) is 14.9. The van der Waals surface area contributed by atoms with E-state index in [0.717, 1.165) is 37.2 Å². The molecule has 1 aromatic rings. The van der Waals surface area contributed by atoms with Gasteiger partial charge in [0.15, 0.2) is 0 Å². The molecule has 130 valence electrons. The number of fused-ring (bicyclic) bond motifs is 1. The van der Waals surface area contributed by atoms with Crippen LogP contribution in [0.15, 0.2) is 17.1 Å². The summed E-state index contributed by atoms with van der Waals surface area (Å²) in [5.74, 6) is 0.204. The molecular formula is C19H26N2O3. The number of ether oxygens (including phenoxy) is 2. The molecule has 2 aliphatic rings. The van der Waals surface area contributed by atoms with Gasteiger partial charge in [0.05, 0.1) is 30.5 Å². The normalized spacial score (nSPS) is 22.8.